The molecular weight excluding hydrogens is 330 g/mol. The molecule has 1 unspecified atom stereocenters. The summed E-state index contributed by atoms with van der Waals surface area (Å²) in [5, 5.41) is 17.5. The quantitative estimate of drug-likeness (QED) is 0.688. The average molecular weight is 349 g/mol. The fraction of sp³-hybridized carbons (Fsp3) is 0.263. The zero-order chi connectivity index (χ0) is 18.3. The van der Waals surface area contributed by atoms with Crippen molar-refractivity contribution < 1.29 is 5.11 Å². The van der Waals surface area contributed by atoms with Crippen LogP contribution in [0.4, 0.5) is 5.82 Å². The lowest BCUT2D eigenvalue weighted by molar-refractivity contribution is 0.425. The van der Waals surface area contributed by atoms with Crippen molar-refractivity contribution in [2.75, 3.05) is 32.5 Å². The van der Waals surface area contributed by atoms with Gasteiger partial charge in [0, 0.05) is 53.6 Å². The van der Waals surface area contributed by atoms with Gasteiger partial charge < -0.3 is 15.3 Å². The Kier molecular flexibility index (Phi) is 4.00. The van der Waals surface area contributed by atoms with Gasteiger partial charge in [-0.1, -0.05) is 5.18 Å². The molecule has 1 aliphatic rings. The third kappa shape index (κ3) is 2.57. The number of phenols is 1. The van der Waals surface area contributed by atoms with E-state index in [2.05, 4.69) is 25.4 Å². The Hall–Kier alpha value is -3.06. The zero-order valence-corrected chi connectivity index (χ0v) is 14.6. The van der Waals surface area contributed by atoms with E-state index in [0.29, 0.717) is 17.9 Å². The van der Waals surface area contributed by atoms with E-state index in [0.717, 1.165) is 34.2 Å². The minimum absolute atomic E-state index is 0.155. The fourth-order valence-electron chi connectivity index (χ4n) is 3.47. The Balaban J connectivity index is 1.96. The lowest BCUT2D eigenvalue weighted by Crippen LogP contribution is -2.21. The molecule has 3 aromatic rings. The van der Waals surface area contributed by atoms with Crippen LogP contribution in [0.25, 0.3) is 22.0 Å². The third-order valence-electron chi connectivity index (χ3n) is 4.65. The number of hydrogen-bond acceptors (Lipinski definition) is 7. The maximum absolute atomic E-state index is 11.7. The van der Waals surface area contributed by atoms with Crippen molar-refractivity contribution in [3.8, 4) is 16.9 Å². The van der Waals surface area contributed by atoms with Crippen molar-refractivity contribution in [1.82, 2.24) is 14.9 Å². The highest BCUT2D eigenvalue weighted by atomic mass is 16.3. The number of anilines is 1. The largest absolute Gasteiger partial charge is 0.508 e. The van der Waals surface area contributed by atoms with Crippen LogP contribution in [0.2, 0.25) is 0 Å². The van der Waals surface area contributed by atoms with E-state index >= 15 is 0 Å². The molecule has 0 aliphatic heterocycles. The molecule has 1 aliphatic carbocycles. The highest BCUT2D eigenvalue weighted by molar-refractivity contribution is 6.02. The molecule has 1 atom stereocenters. The summed E-state index contributed by atoms with van der Waals surface area (Å²) in [6, 6.07) is 6.36. The molecule has 0 saturated heterocycles. The molecule has 7 heteroatoms. The summed E-state index contributed by atoms with van der Waals surface area (Å²) < 4.78 is 0. The topological polar surface area (TPSA) is 90.7 Å². The molecule has 0 amide bonds. The molecule has 2 N–H and O–H groups in total. The van der Waals surface area contributed by atoms with E-state index in [9.17, 15) is 10.0 Å². The number of nitroso groups, excluding NO2 is 1. The number of nitrogens with zero attached hydrogens (tertiary/aromatic N) is 4. The summed E-state index contributed by atoms with van der Waals surface area (Å²) in [7, 11) is 3.99. The number of rotatable bonds is 5. The Labute approximate surface area is 150 Å². The molecule has 0 radical (unpaired) electrons. The number of aromatic nitrogens is 2. The van der Waals surface area contributed by atoms with E-state index in [1.807, 2.05) is 26.2 Å². The normalized spacial score (nSPS) is 15.1. The van der Waals surface area contributed by atoms with E-state index in [-0.39, 0.29) is 5.75 Å². The second kappa shape index (κ2) is 6.34. The van der Waals surface area contributed by atoms with Gasteiger partial charge in [-0.05, 0) is 37.9 Å². The van der Waals surface area contributed by atoms with Crippen molar-refractivity contribution in [3.63, 3.8) is 0 Å². The first-order valence-corrected chi connectivity index (χ1v) is 8.42. The van der Waals surface area contributed by atoms with Crippen molar-refractivity contribution >= 4 is 16.7 Å². The van der Waals surface area contributed by atoms with Crippen molar-refractivity contribution in [2.24, 2.45) is 5.18 Å². The predicted octanol–water partition coefficient (Wildman–Crippen LogP) is 3.15. The molecule has 26 heavy (non-hydrogen) atoms. The molecule has 1 aromatic carbocycles. The summed E-state index contributed by atoms with van der Waals surface area (Å²) in [6.07, 6.45) is 3.40. The lowest BCUT2D eigenvalue weighted by atomic mass is 10.0. The molecule has 0 fully saturated rings. The third-order valence-corrected chi connectivity index (χ3v) is 4.65. The highest BCUT2D eigenvalue weighted by Crippen LogP contribution is 2.50. The van der Waals surface area contributed by atoms with Crippen molar-refractivity contribution in [1.29, 1.82) is 0 Å². The highest BCUT2D eigenvalue weighted by Gasteiger charge is 2.35. The van der Waals surface area contributed by atoms with Crippen LogP contribution in [0, 0.1) is 4.91 Å². The van der Waals surface area contributed by atoms with Crippen LogP contribution in [-0.4, -0.2) is 47.2 Å². The number of aromatic hydroxyl groups is 1. The zero-order valence-electron chi connectivity index (χ0n) is 14.6. The average Bonchev–Trinajstić information content (AvgIpc) is 2.96. The number of nitrogens with one attached hydrogen (secondary N) is 1. The van der Waals surface area contributed by atoms with Crippen LogP contribution in [0.3, 0.4) is 0 Å². The smallest absolute Gasteiger partial charge is 0.148 e. The minimum atomic E-state index is -0.638. The summed E-state index contributed by atoms with van der Waals surface area (Å²) in [5.74, 6) is 0.781. The fourth-order valence-corrected chi connectivity index (χ4v) is 3.47. The minimum Gasteiger partial charge on any atom is -0.508 e. The van der Waals surface area contributed by atoms with Gasteiger partial charge in [0.15, 0.2) is 0 Å². The summed E-state index contributed by atoms with van der Waals surface area (Å²) in [6.45, 7) is 1.50. The lowest BCUT2D eigenvalue weighted by Gasteiger charge is -2.16. The standard InChI is InChI=1S/C19H19N5O2/c1-24(2)8-7-21-19-17-16(13-4-3-11(25)9-15(13)22-19)12-5-6-20-10-14(12)18(17)23-26/h3-6,9-10,18,25H,7-8H2,1-2H3,(H,21,22). The molecule has 2 heterocycles. The van der Waals surface area contributed by atoms with Gasteiger partial charge in [0.05, 0.1) is 5.52 Å². The Morgan fingerprint density at radius 2 is 2.15 bits per heavy atom. The molecule has 132 valence electrons. The van der Waals surface area contributed by atoms with E-state index in [1.54, 1.807) is 24.5 Å². The Morgan fingerprint density at radius 1 is 1.31 bits per heavy atom. The van der Waals surface area contributed by atoms with Crippen molar-refractivity contribution in [2.45, 2.75) is 6.04 Å². The number of likely N-dealkylation sites (N-methyl/N-ethyl adjacent to an activating group) is 1. The molecule has 7 nitrogen and oxygen atoms in total. The summed E-state index contributed by atoms with van der Waals surface area (Å²) in [5.41, 5.74) is 4.11. The SMILES string of the molecule is CN(C)CCNc1nc2cc(O)ccc2c2c1C(N=O)c1cnccc1-2. The van der Waals surface area contributed by atoms with Gasteiger partial charge in [-0.3, -0.25) is 4.98 Å². The first kappa shape index (κ1) is 16.4. The number of benzene rings is 1. The van der Waals surface area contributed by atoms with Gasteiger partial charge in [-0.2, -0.15) is 0 Å². The second-order valence-corrected chi connectivity index (χ2v) is 6.65. The summed E-state index contributed by atoms with van der Waals surface area (Å²) in [4.78, 5) is 22.6. The number of pyridine rings is 2. The molecule has 0 spiro atoms. The Morgan fingerprint density at radius 3 is 2.92 bits per heavy atom. The van der Waals surface area contributed by atoms with Gasteiger partial charge in [0.2, 0.25) is 0 Å². The number of phenolic OH excluding ortho intramolecular Hbond substituents is 1. The van der Waals surface area contributed by atoms with Crippen LogP contribution < -0.4 is 5.32 Å². The maximum atomic E-state index is 11.7. The van der Waals surface area contributed by atoms with Gasteiger partial charge in [0.1, 0.15) is 17.6 Å². The monoisotopic (exact) mass is 349 g/mol. The van der Waals surface area contributed by atoms with Gasteiger partial charge >= 0.3 is 0 Å². The number of hydrogen-bond donors (Lipinski definition) is 2. The molecular formula is C19H19N5O2. The molecule has 0 saturated carbocycles. The summed E-state index contributed by atoms with van der Waals surface area (Å²) >= 11 is 0. The molecule has 2 aromatic heterocycles. The van der Waals surface area contributed by atoms with Gasteiger partial charge in [-0.15, -0.1) is 4.91 Å². The molecule has 4 rings (SSSR count). The van der Waals surface area contributed by atoms with Gasteiger partial charge in [-0.25, -0.2) is 4.98 Å². The van der Waals surface area contributed by atoms with Crippen LogP contribution in [-0.2, 0) is 0 Å². The first-order valence-electron chi connectivity index (χ1n) is 8.42. The maximum Gasteiger partial charge on any atom is 0.148 e. The second-order valence-electron chi connectivity index (χ2n) is 6.65. The van der Waals surface area contributed by atoms with Crippen molar-refractivity contribution in [3.05, 3.63) is 52.7 Å². The van der Waals surface area contributed by atoms with Gasteiger partial charge in [0.25, 0.3) is 0 Å². The first-order chi connectivity index (χ1) is 12.6. The van der Waals surface area contributed by atoms with Crippen LogP contribution in [0.5, 0.6) is 5.75 Å². The van der Waals surface area contributed by atoms with E-state index in [4.69, 9.17) is 0 Å². The van der Waals surface area contributed by atoms with Crippen LogP contribution in [0.15, 0.2) is 41.8 Å². The van der Waals surface area contributed by atoms with E-state index < -0.39 is 6.04 Å². The molecule has 0 bridgehead atoms. The predicted molar refractivity (Wildman–Crippen MR) is 101 cm³/mol. The van der Waals surface area contributed by atoms with Crippen LogP contribution in [0.1, 0.15) is 17.2 Å². The Bertz CT molecular complexity index is 1000. The van der Waals surface area contributed by atoms with E-state index in [1.165, 1.54) is 0 Å². The number of fused-ring (bicyclic) bond motifs is 5. The van der Waals surface area contributed by atoms with Crippen LogP contribution >= 0.6 is 0 Å².